The number of carbonyl (C=O) groups is 2. The molecule has 0 aromatic heterocycles. The van der Waals surface area contributed by atoms with E-state index in [1.807, 2.05) is 36.4 Å². The lowest BCUT2D eigenvalue weighted by Crippen LogP contribution is -2.13. The van der Waals surface area contributed by atoms with Crippen molar-refractivity contribution < 1.29 is 19.4 Å². The van der Waals surface area contributed by atoms with Crippen LogP contribution in [0, 0.1) is 0 Å². The minimum atomic E-state index is -0.894. The molecule has 3 rings (SSSR count). The number of rotatable bonds is 6. The first-order valence-corrected chi connectivity index (χ1v) is 8.42. The highest BCUT2D eigenvalue weighted by Crippen LogP contribution is 2.27. The molecule has 136 valence electrons. The van der Waals surface area contributed by atoms with Crippen LogP contribution in [-0.4, -0.2) is 24.1 Å². The normalized spacial score (nSPS) is 10.3. The van der Waals surface area contributed by atoms with E-state index in [2.05, 4.69) is 5.32 Å². The lowest BCUT2D eigenvalue weighted by molar-refractivity contribution is -0.136. The zero-order valence-corrected chi connectivity index (χ0v) is 14.8. The predicted octanol–water partition coefficient (Wildman–Crippen LogP) is 4.24. The topological polar surface area (TPSA) is 75.6 Å². The van der Waals surface area contributed by atoms with E-state index < -0.39 is 5.97 Å². The van der Waals surface area contributed by atoms with E-state index >= 15 is 0 Å². The van der Waals surface area contributed by atoms with Crippen LogP contribution < -0.4 is 10.1 Å². The van der Waals surface area contributed by atoms with Crippen molar-refractivity contribution >= 4 is 17.6 Å². The van der Waals surface area contributed by atoms with Gasteiger partial charge in [0.25, 0.3) is 5.91 Å². The van der Waals surface area contributed by atoms with E-state index in [-0.39, 0.29) is 12.3 Å². The van der Waals surface area contributed by atoms with Crippen LogP contribution in [0.1, 0.15) is 15.9 Å². The molecule has 2 N–H and O–H groups in total. The lowest BCUT2D eigenvalue weighted by atomic mass is 10.0. The van der Waals surface area contributed by atoms with Gasteiger partial charge >= 0.3 is 5.97 Å². The van der Waals surface area contributed by atoms with Gasteiger partial charge in [-0.2, -0.15) is 0 Å². The molecule has 0 spiro atoms. The highest BCUT2D eigenvalue weighted by atomic mass is 16.5. The van der Waals surface area contributed by atoms with Crippen molar-refractivity contribution in [3.8, 4) is 16.9 Å². The number of ether oxygens (including phenoxy) is 1. The van der Waals surface area contributed by atoms with Crippen molar-refractivity contribution in [1.29, 1.82) is 0 Å². The average Bonchev–Trinajstić information content (AvgIpc) is 2.69. The molecule has 1 amide bonds. The molecule has 0 aliphatic carbocycles. The van der Waals surface area contributed by atoms with E-state index in [9.17, 15) is 9.59 Å². The summed E-state index contributed by atoms with van der Waals surface area (Å²) in [5.41, 5.74) is 3.60. The second kappa shape index (κ2) is 8.19. The van der Waals surface area contributed by atoms with Gasteiger partial charge in [-0.15, -0.1) is 0 Å². The first-order chi connectivity index (χ1) is 13.1. The molecule has 0 saturated heterocycles. The first-order valence-electron chi connectivity index (χ1n) is 8.42. The molecular formula is C22H19NO4. The minimum absolute atomic E-state index is 0.0544. The molecule has 0 atom stereocenters. The van der Waals surface area contributed by atoms with Crippen molar-refractivity contribution in [2.45, 2.75) is 6.42 Å². The lowest BCUT2D eigenvalue weighted by Gasteiger charge is -2.12. The maximum absolute atomic E-state index is 12.8. The molecule has 0 fully saturated rings. The quantitative estimate of drug-likeness (QED) is 0.688. The second-order valence-electron chi connectivity index (χ2n) is 6.00. The van der Waals surface area contributed by atoms with E-state index in [1.165, 1.54) is 7.11 Å². The molecule has 0 aliphatic rings. The van der Waals surface area contributed by atoms with Gasteiger partial charge in [0.1, 0.15) is 5.75 Å². The van der Waals surface area contributed by atoms with Crippen LogP contribution in [-0.2, 0) is 11.2 Å². The Kier molecular flexibility index (Phi) is 5.52. The summed E-state index contributed by atoms with van der Waals surface area (Å²) in [6, 6.07) is 22.0. The highest BCUT2D eigenvalue weighted by Gasteiger charge is 2.14. The van der Waals surface area contributed by atoms with Crippen LogP contribution in [0.15, 0.2) is 72.8 Å². The number of amides is 1. The fourth-order valence-electron chi connectivity index (χ4n) is 2.77. The molecule has 3 aromatic carbocycles. The Bertz CT molecular complexity index is 950. The number of benzene rings is 3. The van der Waals surface area contributed by atoms with Crippen LogP contribution in [0.4, 0.5) is 5.69 Å². The molecule has 27 heavy (non-hydrogen) atoms. The molecule has 0 unspecified atom stereocenters. The van der Waals surface area contributed by atoms with Gasteiger partial charge in [-0.05, 0) is 41.0 Å². The van der Waals surface area contributed by atoms with Crippen molar-refractivity contribution in [2.75, 3.05) is 12.4 Å². The Labute approximate surface area is 157 Å². The number of carboxylic acid groups (broad SMARTS) is 1. The molecule has 0 bridgehead atoms. The Morgan fingerprint density at radius 3 is 2.26 bits per heavy atom. The van der Waals surface area contributed by atoms with Crippen LogP contribution in [0.25, 0.3) is 11.1 Å². The van der Waals surface area contributed by atoms with Crippen LogP contribution in [0.2, 0.25) is 0 Å². The first kappa shape index (κ1) is 18.2. The van der Waals surface area contributed by atoms with Gasteiger partial charge < -0.3 is 15.2 Å². The number of hydrogen-bond acceptors (Lipinski definition) is 3. The maximum atomic E-state index is 12.8. The fraction of sp³-hybridized carbons (Fsp3) is 0.0909. The summed E-state index contributed by atoms with van der Waals surface area (Å²) in [7, 11) is 1.52. The number of carboxylic acids is 1. The number of carbonyl (C=O) groups excluding carboxylic acids is 1. The summed E-state index contributed by atoms with van der Waals surface area (Å²) in [6.45, 7) is 0. The number of hydrogen-bond donors (Lipinski definition) is 2. The van der Waals surface area contributed by atoms with Crippen LogP contribution in [0.3, 0.4) is 0 Å². The SMILES string of the molecule is COc1ccc(-c2ccccc2)cc1C(=O)Nc1ccc(CC(=O)O)cc1. The predicted molar refractivity (Wildman–Crippen MR) is 104 cm³/mol. The highest BCUT2D eigenvalue weighted by molar-refractivity contribution is 6.07. The van der Waals surface area contributed by atoms with E-state index in [0.29, 0.717) is 22.6 Å². The molecule has 3 aromatic rings. The van der Waals surface area contributed by atoms with Gasteiger partial charge in [-0.25, -0.2) is 0 Å². The van der Waals surface area contributed by atoms with Gasteiger partial charge in [-0.3, -0.25) is 9.59 Å². The molecule has 0 aliphatic heterocycles. The van der Waals surface area contributed by atoms with E-state index in [1.54, 1.807) is 36.4 Å². The third-order valence-electron chi connectivity index (χ3n) is 4.12. The summed E-state index contributed by atoms with van der Waals surface area (Å²) < 4.78 is 5.33. The van der Waals surface area contributed by atoms with Crippen LogP contribution in [0.5, 0.6) is 5.75 Å². The molecule has 5 heteroatoms. The summed E-state index contributed by atoms with van der Waals surface area (Å²) >= 11 is 0. The number of aliphatic carboxylic acids is 1. The smallest absolute Gasteiger partial charge is 0.307 e. The monoisotopic (exact) mass is 361 g/mol. The number of anilines is 1. The minimum Gasteiger partial charge on any atom is -0.496 e. The summed E-state index contributed by atoms with van der Waals surface area (Å²) in [6.07, 6.45) is -0.0544. The largest absolute Gasteiger partial charge is 0.496 e. The maximum Gasteiger partial charge on any atom is 0.307 e. The fourth-order valence-corrected chi connectivity index (χ4v) is 2.77. The van der Waals surface area contributed by atoms with Gasteiger partial charge in [0.2, 0.25) is 0 Å². The molecule has 0 saturated carbocycles. The van der Waals surface area contributed by atoms with E-state index in [4.69, 9.17) is 9.84 Å². The summed E-state index contributed by atoms with van der Waals surface area (Å²) in [5, 5.41) is 11.7. The van der Waals surface area contributed by atoms with Gasteiger partial charge in [0, 0.05) is 5.69 Å². The molecular weight excluding hydrogens is 342 g/mol. The molecule has 0 radical (unpaired) electrons. The third kappa shape index (κ3) is 4.52. The standard InChI is InChI=1S/C22H19NO4/c1-27-20-12-9-17(16-5-3-2-4-6-16)14-19(20)22(26)23-18-10-7-15(8-11-18)13-21(24)25/h2-12,14H,13H2,1H3,(H,23,26)(H,24,25). The summed E-state index contributed by atoms with van der Waals surface area (Å²) in [5.74, 6) is -0.709. The number of nitrogens with one attached hydrogen (secondary N) is 1. The zero-order chi connectivity index (χ0) is 19.2. The van der Waals surface area contributed by atoms with Crippen molar-refractivity contribution in [2.24, 2.45) is 0 Å². The van der Waals surface area contributed by atoms with E-state index in [0.717, 1.165) is 11.1 Å². The molecule has 0 heterocycles. The Balaban J connectivity index is 1.84. The average molecular weight is 361 g/mol. The Morgan fingerprint density at radius 1 is 0.926 bits per heavy atom. The van der Waals surface area contributed by atoms with Crippen molar-refractivity contribution in [3.05, 3.63) is 83.9 Å². The zero-order valence-electron chi connectivity index (χ0n) is 14.8. The Hall–Kier alpha value is -3.60. The van der Waals surface area contributed by atoms with Gasteiger partial charge in [0.05, 0.1) is 19.1 Å². The third-order valence-corrected chi connectivity index (χ3v) is 4.12. The van der Waals surface area contributed by atoms with Gasteiger partial charge in [0.15, 0.2) is 0 Å². The van der Waals surface area contributed by atoms with Crippen LogP contribution >= 0.6 is 0 Å². The van der Waals surface area contributed by atoms with Gasteiger partial charge in [-0.1, -0.05) is 48.5 Å². The second-order valence-corrected chi connectivity index (χ2v) is 6.00. The molecule has 5 nitrogen and oxygen atoms in total. The Morgan fingerprint density at radius 2 is 1.63 bits per heavy atom. The van der Waals surface area contributed by atoms with Crippen molar-refractivity contribution in [3.63, 3.8) is 0 Å². The number of methoxy groups -OCH3 is 1. The van der Waals surface area contributed by atoms with Crippen molar-refractivity contribution in [1.82, 2.24) is 0 Å². The summed E-state index contributed by atoms with van der Waals surface area (Å²) in [4.78, 5) is 23.5.